The van der Waals surface area contributed by atoms with Crippen molar-refractivity contribution in [3.05, 3.63) is 12.2 Å². The monoisotopic (exact) mass is 314 g/mol. The average molecular weight is 313 g/mol. The number of allylic oxidation sites excluding steroid dienone is 2. The molecule has 18 heavy (non-hydrogen) atoms. The van der Waals surface area contributed by atoms with Crippen LogP contribution in [-0.2, 0) is 0 Å². The van der Waals surface area contributed by atoms with Gasteiger partial charge in [-0.1, -0.05) is 0 Å². The molecule has 0 heterocycles. The summed E-state index contributed by atoms with van der Waals surface area (Å²) in [5.41, 5.74) is 3.18. The SMILES string of the molecule is C[Si](C)(C)C#CC#C/C=C/C#CC#[C][Ge]([CH3])([CH3])[CH3]. The fourth-order valence-electron chi connectivity index (χ4n) is 0.676. The van der Waals surface area contributed by atoms with E-state index in [4.69, 9.17) is 0 Å². The minimum absolute atomic E-state index is 1.29. The van der Waals surface area contributed by atoms with E-state index in [2.05, 4.69) is 82.7 Å². The van der Waals surface area contributed by atoms with Crippen LogP contribution in [0.1, 0.15) is 0 Å². The van der Waals surface area contributed by atoms with Gasteiger partial charge in [0.1, 0.15) is 0 Å². The number of rotatable bonds is 0. The van der Waals surface area contributed by atoms with Gasteiger partial charge in [-0.15, -0.1) is 0 Å². The van der Waals surface area contributed by atoms with Crippen molar-refractivity contribution < 1.29 is 0 Å². The van der Waals surface area contributed by atoms with Gasteiger partial charge in [0.25, 0.3) is 0 Å². The van der Waals surface area contributed by atoms with E-state index in [0.29, 0.717) is 0 Å². The van der Waals surface area contributed by atoms with Crippen LogP contribution in [0.15, 0.2) is 12.2 Å². The Hall–Kier alpha value is -1.26. The summed E-state index contributed by atoms with van der Waals surface area (Å²) in [6.07, 6.45) is 3.43. The van der Waals surface area contributed by atoms with Crippen LogP contribution in [0.2, 0.25) is 36.9 Å². The van der Waals surface area contributed by atoms with Gasteiger partial charge in [-0.2, -0.15) is 0 Å². The van der Waals surface area contributed by atoms with E-state index in [9.17, 15) is 0 Å². The predicted molar refractivity (Wildman–Crippen MR) is 86.9 cm³/mol. The Bertz CT molecular complexity index is 486. The Balaban J connectivity index is 4.29. The van der Waals surface area contributed by atoms with Crippen LogP contribution in [-0.4, -0.2) is 21.3 Å². The normalized spacial score (nSPS) is 9.89. The summed E-state index contributed by atoms with van der Waals surface area (Å²) in [6.45, 7) is 6.59. The summed E-state index contributed by atoms with van der Waals surface area (Å²) in [5, 5.41) is 0. The zero-order valence-corrected chi connectivity index (χ0v) is 15.3. The standard InChI is InChI=1S/C16H20GeSi/c1-17(2,3)15-13-11-9-7-8-10-12-14-16-18(4,5)6/h7-8H,1-6H3/b8-7+. The van der Waals surface area contributed by atoms with E-state index in [-0.39, 0.29) is 0 Å². The summed E-state index contributed by atoms with van der Waals surface area (Å²) in [7, 11) is -1.29. The Morgan fingerprint density at radius 2 is 1.28 bits per heavy atom. The molecule has 0 aliphatic carbocycles. The van der Waals surface area contributed by atoms with Crippen molar-refractivity contribution in [2.45, 2.75) is 36.9 Å². The Morgan fingerprint density at radius 3 is 1.72 bits per heavy atom. The molecule has 92 valence electrons. The molecule has 2 heteroatoms. The molecule has 0 saturated carbocycles. The molecule has 0 aromatic carbocycles. The van der Waals surface area contributed by atoms with Gasteiger partial charge in [0, 0.05) is 0 Å². The maximum atomic E-state index is 3.23. The van der Waals surface area contributed by atoms with Crippen molar-refractivity contribution in [1.29, 1.82) is 0 Å². The van der Waals surface area contributed by atoms with Crippen LogP contribution >= 0.6 is 0 Å². The molecule has 0 aliphatic rings. The molecular formula is C16H20GeSi. The van der Waals surface area contributed by atoms with E-state index < -0.39 is 21.3 Å². The quantitative estimate of drug-likeness (QED) is 0.475. The third-order valence-electron chi connectivity index (χ3n) is 1.39. The third kappa shape index (κ3) is 14.7. The molecule has 0 radical (unpaired) electrons. The van der Waals surface area contributed by atoms with Crippen LogP contribution in [0.3, 0.4) is 0 Å². The van der Waals surface area contributed by atoms with Crippen LogP contribution in [0.25, 0.3) is 0 Å². The Kier molecular flexibility index (Phi) is 7.39. The first-order valence-electron chi connectivity index (χ1n) is 5.91. The van der Waals surface area contributed by atoms with Crippen LogP contribution in [0.5, 0.6) is 0 Å². The summed E-state index contributed by atoms with van der Waals surface area (Å²) in [5.74, 6) is 23.8. The van der Waals surface area contributed by atoms with E-state index in [1.165, 1.54) is 0 Å². The van der Waals surface area contributed by atoms with Gasteiger partial charge in [0.15, 0.2) is 0 Å². The fourth-order valence-corrected chi connectivity index (χ4v) is 2.03. The molecule has 0 rings (SSSR count). The molecule has 0 aliphatic heterocycles. The molecule has 0 atom stereocenters. The Labute approximate surface area is 116 Å². The van der Waals surface area contributed by atoms with Crippen molar-refractivity contribution >= 4 is 21.3 Å². The van der Waals surface area contributed by atoms with Crippen molar-refractivity contribution in [3.8, 4) is 45.8 Å². The van der Waals surface area contributed by atoms with Gasteiger partial charge in [-0.25, -0.2) is 0 Å². The van der Waals surface area contributed by atoms with Crippen molar-refractivity contribution in [2.75, 3.05) is 0 Å². The molecule has 0 nitrogen and oxygen atoms in total. The summed E-state index contributed by atoms with van der Waals surface area (Å²) < 4.78 is 3.23. The number of hydrogen-bond donors (Lipinski definition) is 0. The van der Waals surface area contributed by atoms with Crippen LogP contribution in [0.4, 0.5) is 0 Å². The average Bonchev–Trinajstić information content (AvgIpc) is 2.17. The van der Waals surface area contributed by atoms with E-state index in [1.54, 1.807) is 12.2 Å². The zero-order valence-electron chi connectivity index (χ0n) is 12.2. The van der Waals surface area contributed by atoms with Crippen molar-refractivity contribution in [2.24, 2.45) is 0 Å². The molecule has 0 N–H and O–H groups in total. The van der Waals surface area contributed by atoms with E-state index >= 15 is 0 Å². The predicted octanol–water partition coefficient (Wildman–Crippen LogP) is 3.31. The summed E-state index contributed by atoms with van der Waals surface area (Å²) in [4.78, 5) is 0. The fraction of sp³-hybridized carbons (Fsp3) is 0.375. The van der Waals surface area contributed by atoms with Gasteiger partial charge in [0.2, 0.25) is 0 Å². The molecule has 0 amide bonds. The molecule has 0 bridgehead atoms. The first-order chi connectivity index (χ1) is 8.21. The first-order valence-corrected chi connectivity index (χ1v) is 16.8. The van der Waals surface area contributed by atoms with Gasteiger partial charge in [0.05, 0.1) is 0 Å². The van der Waals surface area contributed by atoms with Gasteiger partial charge < -0.3 is 0 Å². The van der Waals surface area contributed by atoms with Crippen LogP contribution < -0.4 is 0 Å². The third-order valence-corrected chi connectivity index (χ3v) is 4.11. The van der Waals surface area contributed by atoms with Gasteiger partial charge in [-0.05, 0) is 0 Å². The summed E-state index contributed by atoms with van der Waals surface area (Å²) in [6, 6.07) is 0. The molecule has 0 spiro atoms. The molecule has 0 aromatic rings. The van der Waals surface area contributed by atoms with E-state index in [1.807, 2.05) is 0 Å². The first kappa shape index (κ1) is 16.7. The zero-order chi connectivity index (χ0) is 14.1. The number of hydrogen-bond acceptors (Lipinski definition) is 0. The molecular weight excluding hydrogens is 293 g/mol. The topological polar surface area (TPSA) is 0 Å². The molecule has 0 aromatic heterocycles. The molecule has 0 unspecified atom stereocenters. The van der Waals surface area contributed by atoms with Crippen molar-refractivity contribution in [1.82, 2.24) is 0 Å². The minimum atomic E-state index is -1.74. The second kappa shape index (κ2) is 7.95. The summed E-state index contributed by atoms with van der Waals surface area (Å²) >= 11 is -1.74. The maximum absolute atomic E-state index is 3.23. The van der Waals surface area contributed by atoms with Crippen molar-refractivity contribution in [3.63, 3.8) is 0 Å². The van der Waals surface area contributed by atoms with E-state index in [0.717, 1.165) is 0 Å². The molecule has 0 fully saturated rings. The Morgan fingerprint density at radius 1 is 0.778 bits per heavy atom. The second-order valence-corrected chi connectivity index (χ2v) is 20.6. The van der Waals surface area contributed by atoms with Gasteiger partial charge in [-0.3, -0.25) is 0 Å². The van der Waals surface area contributed by atoms with Gasteiger partial charge >= 0.3 is 116 Å². The van der Waals surface area contributed by atoms with Crippen LogP contribution in [0, 0.1) is 45.8 Å². The molecule has 0 saturated heterocycles. The second-order valence-electron chi connectivity index (χ2n) is 5.87.